The van der Waals surface area contributed by atoms with Crippen molar-refractivity contribution in [1.82, 2.24) is 19.9 Å². The van der Waals surface area contributed by atoms with Gasteiger partial charge in [-0.25, -0.2) is 9.97 Å². The maximum atomic E-state index is 11.6. The number of amides is 1. The number of pyridine rings is 1. The zero-order valence-corrected chi connectivity index (χ0v) is 17.3. The van der Waals surface area contributed by atoms with Crippen molar-refractivity contribution in [3.63, 3.8) is 0 Å². The quantitative estimate of drug-likeness (QED) is 0.715. The van der Waals surface area contributed by atoms with Crippen LogP contribution < -0.4 is 10.6 Å². The number of nitrogens with one attached hydrogen (secondary N) is 1. The summed E-state index contributed by atoms with van der Waals surface area (Å²) in [7, 11) is 0. The Balaban J connectivity index is 1.55. The second-order valence-electron chi connectivity index (χ2n) is 8.55. The minimum atomic E-state index is -0.479. The molecule has 1 fully saturated rings. The Morgan fingerprint density at radius 2 is 1.93 bits per heavy atom. The van der Waals surface area contributed by atoms with Crippen LogP contribution in [0.4, 0.5) is 5.82 Å². The molecule has 7 heteroatoms. The smallest absolute Gasteiger partial charge is 0.250 e. The molecule has 1 saturated heterocycles. The van der Waals surface area contributed by atoms with Gasteiger partial charge in [0, 0.05) is 43.5 Å². The maximum absolute atomic E-state index is 11.6. The van der Waals surface area contributed by atoms with E-state index < -0.39 is 5.91 Å². The molecule has 3 aromatic rings. The van der Waals surface area contributed by atoms with Crippen LogP contribution in [0.5, 0.6) is 0 Å². The van der Waals surface area contributed by atoms with Crippen LogP contribution in [0.2, 0.25) is 0 Å². The predicted molar refractivity (Wildman–Crippen MR) is 116 cm³/mol. The van der Waals surface area contributed by atoms with Crippen molar-refractivity contribution in [1.29, 1.82) is 0 Å². The summed E-state index contributed by atoms with van der Waals surface area (Å²) in [4.78, 5) is 29.1. The van der Waals surface area contributed by atoms with Crippen LogP contribution in [0.25, 0.3) is 22.4 Å². The van der Waals surface area contributed by atoms with E-state index in [9.17, 15) is 4.79 Å². The van der Waals surface area contributed by atoms with Crippen LogP contribution in [0.1, 0.15) is 37.6 Å². The van der Waals surface area contributed by atoms with Gasteiger partial charge < -0.3 is 15.6 Å². The van der Waals surface area contributed by atoms with Gasteiger partial charge in [0.05, 0.1) is 11.1 Å². The van der Waals surface area contributed by atoms with Crippen LogP contribution in [-0.4, -0.2) is 57.5 Å². The zero-order valence-electron chi connectivity index (χ0n) is 17.3. The molecule has 29 heavy (non-hydrogen) atoms. The molecule has 1 aliphatic heterocycles. The van der Waals surface area contributed by atoms with Crippen LogP contribution in [-0.2, 0) is 0 Å². The monoisotopic (exact) mass is 392 g/mol. The van der Waals surface area contributed by atoms with Gasteiger partial charge in [-0.2, -0.15) is 0 Å². The molecular formula is C22H28N6O. The molecular weight excluding hydrogens is 364 g/mol. The number of carbonyl (C=O) groups is 1. The standard InChI is InChI=1S/C22H28N6O/c1-22(2,3)28-11-5-10-27(12-13-28)18-9-8-15(14-24-18)21-25-17-7-4-6-16(20(23)29)19(17)26-21/h4,6-9,14H,5,10-13H2,1-3H3,(H2,23,29)(H,25,26). The number of aromatic nitrogens is 3. The van der Waals surface area contributed by atoms with Gasteiger partial charge in [0.25, 0.3) is 5.91 Å². The molecule has 0 saturated carbocycles. The van der Waals surface area contributed by atoms with Crippen LogP contribution in [0.15, 0.2) is 36.5 Å². The highest BCUT2D eigenvalue weighted by molar-refractivity contribution is 6.04. The van der Waals surface area contributed by atoms with E-state index in [2.05, 4.69) is 40.5 Å². The fourth-order valence-electron chi connectivity index (χ4n) is 3.90. The number of aromatic amines is 1. The largest absolute Gasteiger partial charge is 0.366 e. The number of rotatable bonds is 3. The van der Waals surface area contributed by atoms with Gasteiger partial charge in [-0.1, -0.05) is 6.07 Å². The topological polar surface area (TPSA) is 91.1 Å². The second kappa shape index (κ2) is 7.48. The third-order valence-electron chi connectivity index (χ3n) is 5.57. The summed E-state index contributed by atoms with van der Waals surface area (Å²) in [5, 5.41) is 0. The van der Waals surface area contributed by atoms with Crippen LogP contribution in [0.3, 0.4) is 0 Å². The summed E-state index contributed by atoms with van der Waals surface area (Å²) >= 11 is 0. The van der Waals surface area contributed by atoms with E-state index in [1.165, 1.54) is 0 Å². The van der Waals surface area contributed by atoms with Gasteiger partial charge in [0.1, 0.15) is 17.2 Å². The molecule has 0 bridgehead atoms. The molecule has 0 radical (unpaired) electrons. The second-order valence-corrected chi connectivity index (χ2v) is 8.55. The number of hydrogen-bond donors (Lipinski definition) is 2. The number of anilines is 1. The number of nitrogens with zero attached hydrogens (tertiary/aromatic N) is 4. The molecule has 3 N–H and O–H groups in total. The predicted octanol–water partition coefficient (Wildman–Crippen LogP) is 3.03. The molecule has 4 rings (SSSR count). The number of hydrogen-bond acceptors (Lipinski definition) is 5. The summed E-state index contributed by atoms with van der Waals surface area (Å²) in [5.74, 6) is 1.19. The van der Waals surface area contributed by atoms with E-state index in [4.69, 9.17) is 10.7 Å². The number of para-hydroxylation sites is 1. The lowest BCUT2D eigenvalue weighted by atomic mass is 10.1. The summed E-state index contributed by atoms with van der Waals surface area (Å²) in [6.07, 6.45) is 2.96. The Morgan fingerprint density at radius 1 is 1.10 bits per heavy atom. The van der Waals surface area contributed by atoms with Crippen molar-refractivity contribution in [2.24, 2.45) is 5.73 Å². The molecule has 0 unspecified atom stereocenters. The molecule has 2 aromatic heterocycles. The molecule has 1 amide bonds. The van der Waals surface area contributed by atoms with Gasteiger partial charge >= 0.3 is 0 Å². The van der Waals surface area contributed by atoms with E-state index in [0.29, 0.717) is 16.9 Å². The molecule has 1 aliphatic rings. The lowest BCUT2D eigenvalue weighted by Gasteiger charge is -2.34. The van der Waals surface area contributed by atoms with E-state index in [1.54, 1.807) is 12.1 Å². The average Bonchev–Trinajstić information content (AvgIpc) is 2.95. The first-order chi connectivity index (χ1) is 13.8. The summed E-state index contributed by atoms with van der Waals surface area (Å²) in [5.41, 5.74) is 8.34. The van der Waals surface area contributed by atoms with Gasteiger partial charge in [0.15, 0.2) is 0 Å². The van der Waals surface area contributed by atoms with Gasteiger partial charge in [-0.05, 0) is 51.5 Å². The Bertz CT molecular complexity index is 1020. The normalized spacial score (nSPS) is 16.2. The van der Waals surface area contributed by atoms with E-state index in [0.717, 1.165) is 49.5 Å². The van der Waals surface area contributed by atoms with Gasteiger partial charge in [-0.15, -0.1) is 0 Å². The van der Waals surface area contributed by atoms with Crippen LogP contribution >= 0.6 is 0 Å². The van der Waals surface area contributed by atoms with Crippen molar-refractivity contribution in [2.75, 3.05) is 31.1 Å². The van der Waals surface area contributed by atoms with Crippen LogP contribution in [0, 0.1) is 0 Å². The van der Waals surface area contributed by atoms with E-state index in [1.807, 2.05) is 24.4 Å². The highest BCUT2D eigenvalue weighted by Gasteiger charge is 2.24. The number of benzene rings is 1. The fraction of sp³-hybridized carbons (Fsp3) is 0.409. The van der Waals surface area contributed by atoms with E-state index >= 15 is 0 Å². The Morgan fingerprint density at radius 3 is 2.62 bits per heavy atom. The highest BCUT2D eigenvalue weighted by Crippen LogP contribution is 2.24. The number of imidazole rings is 1. The molecule has 3 heterocycles. The van der Waals surface area contributed by atoms with Gasteiger partial charge in [0.2, 0.25) is 0 Å². The molecule has 0 atom stereocenters. The van der Waals surface area contributed by atoms with Crippen molar-refractivity contribution in [3.8, 4) is 11.4 Å². The Kier molecular flexibility index (Phi) is 5.00. The molecule has 1 aromatic carbocycles. The highest BCUT2D eigenvalue weighted by atomic mass is 16.1. The number of nitrogens with two attached hydrogens (primary N) is 1. The third kappa shape index (κ3) is 3.96. The molecule has 0 aliphatic carbocycles. The number of fused-ring (bicyclic) bond motifs is 1. The molecule has 0 spiro atoms. The SMILES string of the molecule is CC(C)(C)N1CCCN(c2ccc(-c3nc4c(C(N)=O)cccc4[nH]3)cn2)CC1. The van der Waals surface area contributed by atoms with Crippen molar-refractivity contribution in [2.45, 2.75) is 32.7 Å². The maximum Gasteiger partial charge on any atom is 0.250 e. The Labute approximate surface area is 170 Å². The number of primary amides is 1. The molecule has 7 nitrogen and oxygen atoms in total. The first-order valence-corrected chi connectivity index (χ1v) is 10.1. The first kappa shape index (κ1) is 19.4. The van der Waals surface area contributed by atoms with E-state index in [-0.39, 0.29) is 5.54 Å². The van der Waals surface area contributed by atoms with Crippen molar-refractivity contribution in [3.05, 3.63) is 42.1 Å². The fourth-order valence-corrected chi connectivity index (χ4v) is 3.90. The zero-order chi connectivity index (χ0) is 20.6. The summed E-state index contributed by atoms with van der Waals surface area (Å²) in [6, 6.07) is 9.45. The average molecular weight is 393 g/mol. The third-order valence-corrected chi connectivity index (χ3v) is 5.57. The Hall–Kier alpha value is -2.93. The summed E-state index contributed by atoms with van der Waals surface area (Å²) < 4.78 is 0. The van der Waals surface area contributed by atoms with Gasteiger partial charge in [-0.3, -0.25) is 9.69 Å². The lowest BCUT2D eigenvalue weighted by molar-refractivity contribution is 0.100. The summed E-state index contributed by atoms with van der Waals surface area (Å²) in [6.45, 7) is 10.9. The molecule has 152 valence electrons. The number of H-pyrrole nitrogens is 1. The first-order valence-electron chi connectivity index (χ1n) is 10.1. The minimum Gasteiger partial charge on any atom is -0.366 e. The number of carbonyl (C=O) groups excluding carboxylic acids is 1. The lowest BCUT2D eigenvalue weighted by Crippen LogP contribution is -2.43. The minimum absolute atomic E-state index is 0.193. The van der Waals surface area contributed by atoms with Crippen molar-refractivity contribution >= 4 is 22.8 Å². The van der Waals surface area contributed by atoms with Crippen molar-refractivity contribution < 1.29 is 4.79 Å².